The zero-order chi connectivity index (χ0) is 22.7. The Kier molecular flexibility index (Phi) is 5.66. The van der Waals surface area contributed by atoms with Crippen LogP contribution in [0.3, 0.4) is 0 Å². The van der Waals surface area contributed by atoms with Gasteiger partial charge in [-0.2, -0.15) is 0 Å². The van der Waals surface area contributed by atoms with Gasteiger partial charge in [0.15, 0.2) is 0 Å². The van der Waals surface area contributed by atoms with E-state index >= 15 is 0 Å². The predicted octanol–water partition coefficient (Wildman–Crippen LogP) is 8.96. The van der Waals surface area contributed by atoms with Gasteiger partial charge in [-0.3, -0.25) is 0 Å². The lowest BCUT2D eigenvalue weighted by atomic mass is 9.85. The predicted molar refractivity (Wildman–Crippen MR) is 131 cm³/mol. The van der Waals surface area contributed by atoms with Crippen LogP contribution in [0.25, 0.3) is 10.8 Å². The van der Waals surface area contributed by atoms with Crippen LogP contribution >= 0.6 is 0 Å². The van der Waals surface area contributed by atoms with E-state index in [1.54, 1.807) is 0 Å². The molecule has 158 valence electrons. The molecule has 0 aliphatic heterocycles. The monoisotopic (exact) mass is 400 g/mol. The lowest BCUT2D eigenvalue weighted by Gasteiger charge is -2.21. The van der Waals surface area contributed by atoms with Crippen molar-refractivity contribution >= 4 is 22.1 Å². The molecule has 0 atom stereocenters. The van der Waals surface area contributed by atoms with Gasteiger partial charge < -0.3 is 0 Å². The van der Waals surface area contributed by atoms with Crippen molar-refractivity contribution in [2.24, 2.45) is 10.2 Å². The van der Waals surface area contributed by atoms with Crippen LogP contribution in [0.2, 0.25) is 0 Å². The maximum Gasteiger partial charge on any atom is 0.0924 e. The van der Waals surface area contributed by atoms with Gasteiger partial charge in [0.2, 0.25) is 0 Å². The second-order valence-electron chi connectivity index (χ2n) is 9.15. The Balaban J connectivity index is 2.35. The highest BCUT2D eigenvalue weighted by molar-refractivity contribution is 5.99. The highest BCUT2D eigenvalue weighted by atomic mass is 15.1. The van der Waals surface area contributed by atoms with Gasteiger partial charge in [-0.25, -0.2) is 0 Å². The molecule has 0 saturated heterocycles. The molecule has 0 unspecified atom stereocenters. The minimum atomic E-state index is 1.01. The minimum Gasteiger partial charge on any atom is -0.150 e. The van der Waals surface area contributed by atoms with Gasteiger partial charge in [-0.05, 0) is 161 Å². The van der Waals surface area contributed by atoms with Crippen LogP contribution in [-0.2, 0) is 0 Å². The summed E-state index contributed by atoms with van der Waals surface area (Å²) >= 11 is 0. The van der Waals surface area contributed by atoms with Crippen LogP contribution in [0.5, 0.6) is 0 Å². The third-order valence-corrected chi connectivity index (χ3v) is 7.92. The van der Waals surface area contributed by atoms with Gasteiger partial charge in [-0.15, -0.1) is 10.2 Å². The highest BCUT2D eigenvalue weighted by Gasteiger charge is 2.19. The highest BCUT2D eigenvalue weighted by Crippen LogP contribution is 2.41. The Morgan fingerprint density at radius 2 is 0.500 bits per heavy atom. The minimum absolute atomic E-state index is 1.01. The van der Waals surface area contributed by atoms with Crippen molar-refractivity contribution in [2.75, 3.05) is 0 Å². The van der Waals surface area contributed by atoms with Gasteiger partial charge in [0.05, 0.1) is 11.4 Å². The third-order valence-electron chi connectivity index (χ3n) is 7.92. The Bertz CT molecular complexity index is 1210. The number of benzene rings is 3. The number of fused-ring (bicyclic) bond motifs is 1. The van der Waals surface area contributed by atoms with Crippen molar-refractivity contribution in [3.05, 3.63) is 66.8 Å². The van der Waals surface area contributed by atoms with Crippen molar-refractivity contribution in [3.8, 4) is 0 Å². The maximum absolute atomic E-state index is 4.87. The summed E-state index contributed by atoms with van der Waals surface area (Å²) in [7, 11) is 0. The van der Waals surface area contributed by atoms with E-state index in [-0.39, 0.29) is 0 Å². The normalized spacial score (nSPS) is 11.9. The molecule has 0 amide bonds. The first-order valence-corrected chi connectivity index (χ1v) is 10.9. The zero-order valence-corrected chi connectivity index (χ0v) is 20.9. The zero-order valence-electron chi connectivity index (χ0n) is 20.9. The van der Waals surface area contributed by atoms with Crippen molar-refractivity contribution in [1.29, 1.82) is 0 Å². The molecule has 0 N–H and O–H groups in total. The van der Waals surface area contributed by atoms with E-state index < -0.39 is 0 Å². The molecule has 0 aromatic heterocycles. The second kappa shape index (κ2) is 7.65. The Morgan fingerprint density at radius 1 is 0.267 bits per heavy atom. The van der Waals surface area contributed by atoms with Crippen molar-refractivity contribution < 1.29 is 0 Å². The molecular weight excluding hydrogens is 364 g/mol. The first-order valence-electron chi connectivity index (χ1n) is 10.9. The largest absolute Gasteiger partial charge is 0.150 e. The molecule has 2 nitrogen and oxygen atoms in total. The number of aryl methyl sites for hydroxylation is 4. The van der Waals surface area contributed by atoms with Gasteiger partial charge in [-0.1, -0.05) is 0 Å². The maximum atomic E-state index is 4.87. The lowest BCUT2D eigenvalue weighted by Crippen LogP contribution is -2.00. The van der Waals surface area contributed by atoms with Gasteiger partial charge >= 0.3 is 0 Å². The number of hydrogen-bond acceptors (Lipinski definition) is 2. The Hall–Kier alpha value is -2.48. The topological polar surface area (TPSA) is 24.7 Å². The number of hydrogen-bond donors (Lipinski definition) is 0. The van der Waals surface area contributed by atoms with Crippen LogP contribution in [-0.4, -0.2) is 0 Å². The van der Waals surface area contributed by atoms with E-state index in [9.17, 15) is 0 Å². The SMILES string of the molecule is Cc1c(C)c(C)c(N=Nc2c(C)c(C)c3c(C)c(C)c(C)c(C)c3c2C)c(C)c1C. The third kappa shape index (κ3) is 3.09. The Labute approximate surface area is 182 Å². The fraction of sp³-hybridized carbons (Fsp3) is 0.429. The van der Waals surface area contributed by atoms with Crippen LogP contribution in [0.1, 0.15) is 66.8 Å². The molecule has 2 heteroatoms. The van der Waals surface area contributed by atoms with Crippen LogP contribution in [0, 0.1) is 83.1 Å². The first kappa shape index (κ1) is 22.2. The van der Waals surface area contributed by atoms with Crippen molar-refractivity contribution in [1.82, 2.24) is 0 Å². The molecule has 0 aliphatic rings. The molecule has 3 aromatic carbocycles. The van der Waals surface area contributed by atoms with E-state index in [0.717, 1.165) is 11.4 Å². The summed E-state index contributed by atoms with van der Waals surface area (Å²) in [5.41, 5.74) is 17.8. The fourth-order valence-corrected chi connectivity index (χ4v) is 4.89. The summed E-state index contributed by atoms with van der Waals surface area (Å²) in [6.45, 7) is 26.5. The number of rotatable bonds is 2. The summed E-state index contributed by atoms with van der Waals surface area (Å²) in [6, 6.07) is 0. The first-order chi connectivity index (χ1) is 13.9. The molecule has 0 aliphatic carbocycles. The van der Waals surface area contributed by atoms with Gasteiger partial charge in [0.1, 0.15) is 0 Å². The van der Waals surface area contributed by atoms with E-state index in [2.05, 4.69) is 83.1 Å². The van der Waals surface area contributed by atoms with Crippen LogP contribution in [0.4, 0.5) is 11.4 Å². The van der Waals surface area contributed by atoms with Crippen molar-refractivity contribution in [2.45, 2.75) is 83.1 Å². The summed E-state index contributed by atoms with van der Waals surface area (Å²) < 4.78 is 0. The molecule has 0 heterocycles. The molecular formula is C28H36N2. The average molecular weight is 401 g/mol. The fourth-order valence-electron chi connectivity index (χ4n) is 4.89. The van der Waals surface area contributed by atoms with Crippen LogP contribution < -0.4 is 0 Å². The summed E-state index contributed by atoms with van der Waals surface area (Å²) in [5.74, 6) is 0. The summed E-state index contributed by atoms with van der Waals surface area (Å²) in [5, 5.41) is 12.4. The van der Waals surface area contributed by atoms with Crippen LogP contribution in [0.15, 0.2) is 10.2 Å². The molecule has 0 bridgehead atoms. The molecule has 0 spiro atoms. The number of nitrogens with zero attached hydrogens (tertiary/aromatic N) is 2. The smallest absolute Gasteiger partial charge is 0.0924 e. The average Bonchev–Trinajstić information content (AvgIpc) is 2.72. The molecule has 3 aromatic rings. The summed E-state index contributed by atoms with van der Waals surface area (Å²) in [6.07, 6.45) is 0. The Morgan fingerprint density at radius 3 is 0.933 bits per heavy atom. The summed E-state index contributed by atoms with van der Waals surface area (Å²) in [4.78, 5) is 0. The quantitative estimate of drug-likeness (QED) is 0.383. The van der Waals surface area contributed by atoms with E-state index in [1.165, 1.54) is 77.5 Å². The van der Waals surface area contributed by atoms with E-state index in [1.807, 2.05) is 0 Å². The molecule has 0 saturated carbocycles. The molecule has 0 fully saturated rings. The standard InChI is InChI=1S/C28H36N2/c1-13-16(4)21(9)27(22(10)17(13)5)29-30-28-23(11)20(8)25-18(6)14(2)15(3)19(7)26(25)24(28)12/h1-12H3. The lowest BCUT2D eigenvalue weighted by molar-refractivity contribution is 1.11. The molecule has 0 radical (unpaired) electrons. The molecule has 30 heavy (non-hydrogen) atoms. The van der Waals surface area contributed by atoms with Crippen molar-refractivity contribution in [3.63, 3.8) is 0 Å². The van der Waals surface area contributed by atoms with E-state index in [4.69, 9.17) is 10.2 Å². The number of azo groups is 1. The molecule has 3 rings (SSSR count). The second-order valence-corrected chi connectivity index (χ2v) is 9.15. The van der Waals surface area contributed by atoms with Gasteiger partial charge in [0.25, 0.3) is 0 Å². The van der Waals surface area contributed by atoms with Gasteiger partial charge in [0, 0.05) is 0 Å². The van der Waals surface area contributed by atoms with E-state index in [0.29, 0.717) is 0 Å².